The van der Waals surface area contributed by atoms with Gasteiger partial charge in [-0.25, -0.2) is 4.79 Å². The van der Waals surface area contributed by atoms with Crippen LogP contribution in [-0.4, -0.2) is 43.5 Å². The molecule has 0 aliphatic carbocycles. The van der Waals surface area contributed by atoms with E-state index in [4.69, 9.17) is 18.9 Å². The number of benzene rings is 3. The van der Waals surface area contributed by atoms with Crippen molar-refractivity contribution >= 4 is 27.7 Å². The van der Waals surface area contributed by atoms with E-state index >= 15 is 0 Å². The van der Waals surface area contributed by atoms with E-state index in [-0.39, 0.29) is 17.8 Å². The summed E-state index contributed by atoms with van der Waals surface area (Å²) in [5.41, 5.74) is 3.60. The predicted molar refractivity (Wildman–Crippen MR) is 169 cm³/mol. The van der Waals surface area contributed by atoms with E-state index in [0.29, 0.717) is 25.0 Å². The van der Waals surface area contributed by atoms with Gasteiger partial charge in [0.15, 0.2) is 5.75 Å². The van der Waals surface area contributed by atoms with Crippen LogP contribution in [0.15, 0.2) is 89.9 Å². The predicted octanol–water partition coefficient (Wildman–Crippen LogP) is 6.96. The standard InChI is InChI=1S/C34H34N2O6S/c1-5-41-34(38)42-29-22-36(20-24-12-9-13-27(18-24)40-4)33-30(31(29)37)28(21-35(2)19-23-10-7-6-8-11-23)32(43-33)25-14-16-26(39-3)17-15-25/h6-18,22H,5,19-21H2,1-4H3. The van der Waals surface area contributed by atoms with Crippen molar-refractivity contribution in [2.75, 3.05) is 27.9 Å². The van der Waals surface area contributed by atoms with Crippen LogP contribution in [0.5, 0.6) is 17.2 Å². The summed E-state index contributed by atoms with van der Waals surface area (Å²) in [5.74, 6) is 1.39. The van der Waals surface area contributed by atoms with Gasteiger partial charge in [0.1, 0.15) is 16.3 Å². The highest BCUT2D eigenvalue weighted by Gasteiger charge is 2.24. The fourth-order valence-corrected chi connectivity index (χ4v) is 6.30. The number of methoxy groups -OCH3 is 2. The minimum absolute atomic E-state index is 0.0834. The zero-order valence-corrected chi connectivity index (χ0v) is 25.5. The number of hydrogen-bond acceptors (Lipinski definition) is 8. The van der Waals surface area contributed by atoms with E-state index in [2.05, 4.69) is 17.0 Å². The molecule has 0 radical (unpaired) electrons. The van der Waals surface area contributed by atoms with Gasteiger partial charge < -0.3 is 23.5 Å². The number of fused-ring (bicyclic) bond motifs is 1. The molecule has 5 rings (SSSR count). The van der Waals surface area contributed by atoms with Gasteiger partial charge in [-0.3, -0.25) is 9.69 Å². The molecule has 9 heteroatoms. The highest BCUT2D eigenvalue weighted by atomic mass is 32.1. The van der Waals surface area contributed by atoms with Gasteiger partial charge in [0.25, 0.3) is 0 Å². The highest BCUT2D eigenvalue weighted by Crippen LogP contribution is 2.40. The summed E-state index contributed by atoms with van der Waals surface area (Å²) in [5, 5.41) is 0.514. The van der Waals surface area contributed by atoms with E-state index in [1.54, 1.807) is 27.3 Å². The molecule has 0 saturated heterocycles. The number of pyridine rings is 1. The van der Waals surface area contributed by atoms with E-state index < -0.39 is 6.16 Å². The second kappa shape index (κ2) is 13.6. The lowest BCUT2D eigenvalue weighted by Crippen LogP contribution is -2.21. The first-order valence-corrected chi connectivity index (χ1v) is 14.7. The summed E-state index contributed by atoms with van der Waals surface area (Å²) < 4.78 is 23.3. The maximum Gasteiger partial charge on any atom is 0.514 e. The van der Waals surface area contributed by atoms with Crippen molar-refractivity contribution in [3.8, 4) is 27.7 Å². The molecule has 0 spiro atoms. The molecular formula is C34H34N2O6S. The van der Waals surface area contributed by atoms with Gasteiger partial charge in [0.2, 0.25) is 5.43 Å². The van der Waals surface area contributed by atoms with Crippen molar-refractivity contribution in [3.05, 3.63) is 112 Å². The van der Waals surface area contributed by atoms with Gasteiger partial charge in [-0.15, -0.1) is 11.3 Å². The number of thiophene rings is 1. The lowest BCUT2D eigenvalue weighted by atomic mass is 10.1. The number of rotatable bonds is 11. The third-order valence-electron chi connectivity index (χ3n) is 6.99. The first kappa shape index (κ1) is 29.9. The topological polar surface area (TPSA) is 79.2 Å². The smallest absolute Gasteiger partial charge is 0.497 e. The Hall–Kier alpha value is -4.60. The van der Waals surface area contributed by atoms with E-state index in [1.165, 1.54) is 11.3 Å². The zero-order valence-electron chi connectivity index (χ0n) is 24.7. The number of aromatic nitrogens is 1. The number of hydrogen-bond donors (Lipinski definition) is 0. The molecule has 2 heterocycles. The number of ether oxygens (including phenoxy) is 4. The van der Waals surface area contributed by atoms with Gasteiger partial charge >= 0.3 is 6.16 Å². The molecule has 8 nitrogen and oxygen atoms in total. The van der Waals surface area contributed by atoms with E-state index in [9.17, 15) is 9.59 Å². The molecule has 5 aromatic rings. The molecule has 0 fully saturated rings. The third kappa shape index (κ3) is 6.90. The molecule has 0 saturated carbocycles. The summed E-state index contributed by atoms with van der Waals surface area (Å²) in [6.07, 6.45) is 0.674. The largest absolute Gasteiger partial charge is 0.514 e. The second-order valence-electron chi connectivity index (χ2n) is 10.1. The van der Waals surface area contributed by atoms with Crippen molar-refractivity contribution in [1.82, 2.24) is 9.47 Å². The molecule has 0 aliphatic heterocycles. The molecule has 3 aromatic carbocycles. The Morgan fingerprint density at radius 2 is 1.60 bits per heavy atom. The van der Waals surface area contributed by atoms with E-state index in [0.717, 1.165) is 43.5 Å². The molecule has 222 valence electrons. The summed E-state index contributed by atoms with van der Waals surface area (Å²) in [6, 6.07) is 25.7. The van der Waals surface area contributed by atoms with E-state index in [1.807, 2.05) is 78.3 Å². The van der Waals surface area contributed by atoms with Crippen LogP contribution in [0.1, 0.15) is 23.6 Å². The maximum atomic E-state index is 14.1. The number of carbonyl (C=O) groups excluding carboxylic acids is 1. The van der Waals surface area contributed by atoms with Crippen molar-refractivity contribution in [2.24, 2.45) is 0 Å². The van der Waals surface area contributed by atoms with Crippen LogP contribution < -0.4 is 19.6 Å². The molecule has 0 bridgehead atoms. The Morgan fingerprint density at radius 3 is 2.30 bits per heavy atom. The first-order valence-electron chi connectivity index (χ1n) is 13.9. The van der Waals surface area contributed by atoms with Gasteiger partial charge in [0.05, 0.1) is 32.4 Å². The monoisotopic (exact) mass is 598 g/mol. The molecule has 0 aliphatic rings. The van der Waals surface area contributed by atoms with Gasteiger partial charge in [-0.1, -0.05) is 42.5 Å². The SMILES string of the molecule is CCOC(=O)Oc1cn(Cc2cccc(OC)c2)c2sc(-c3ccc(OC)cc3)c(CN(C)Cc3ccccc3)c2c1=O. The fourth-order valence-electron chi connectivity index (χ4n) is 5.01. The van der Waals surface area contributed by atoms with Gasteiger partial charge in [0, 0.05) is 24.5 Å². The molecule has 2 aromatic heterocycles. The minimum atomic E-state index is -0.916. The van der Waals surface area contributed by atoms with Crippen molar-refractivity contribution in [1.29, 1.82) is 0 Å². The third-order valence-corrected chi connectivity index (χ3v) is 8.31. The Kier molecular flexibility index (Phi) is 9.44. The quantitative estimate of drug-likeness (QED) is 0.152. The summed E-state index contributed by atoms with van der Waals surface area (Å²) in [7, 11) is 5.29. The molecule has 0 N–H and O–H groups in total. The van der Waals surface area contributed by atoms with Crippen LogP contribution in [0.4, 0.5) is 4.79 Å². The Labute approximate surface area is 254 Å². The van der Waals surface area contributed by atoms with Crippen LogP contribution in [0.3, 0.4) is 0 Å². The summed E-state index contributed by atoms with van der Waals surface area (Å²) >= 11 is 1.54. The Balaban J connectivity index is 1.70. The van der Waals surface area contributed by atoms with Crippen LogP contribution in [0, 0.1) is 0 Å². The molecular weight excluding hydrogens is 564 g/mol. The first-order chi connectivity index (χ1) is 20.9. The molecule has 0 unspecified atom stereocenters. The lowest BCUT2D eigenvalue weighted by Gasteiger charge is -2.18. The Bertz CT molecular complexity index is 1760. The Morgan fingerprint density at radius 1 is 0.884 bits per heavy atom. The van der Waals surface area contributed by atoms with Crippen LogP contribution in [0.25, 0.3) is 20.7 Å². The molecule has 43 heavy (non-hydrogen) atoms. The van der Waals surface area contributed by atoms with Gasteiger partial charge in [-0.05, 0) is 72.6 Å². The maximum absolute atomic E-state index is 14.1. The average molecular weight is 599 g/mol. The molecule has 0 atom stereocenters. The number of nitrogens with zero attached hydrogens (tertiary/aromatic N) is 2. The van der Waals surface area contributed by atoms with Crippen LogP contribution >= 0.6 is 11.3 Å². The molecule has 0 amide bonds. The lowest BCUT2D eigenvalue weighted by molar-refractivity contribution is 0.104. The van der Waals surface area contributed by atoms with Crippen LogP contribution in [0.2, 0.25) is 0 Å². The highest BCUT2D eigenvalue weighted by molar-refractivity contribution is 7.22. The van der Waals surface area contributed by atoms with Crippen molar-refractivity contribution in [3.63, 3.8) is 0 Å². The second-order valence-corrected chi connectivity index (χ2v) is 11.1. The number of carbonyl (C=O) groups is 1. The minimum Gasteiger partial charge on any atom is -0.497 e. The fraction of sp³-hybridized carbons (Fsp3) is 0.235. The normalized spacial score (nSPS) is 11.1. The van der Waals surface area contributed by atoms with Gasteiger partial charge in [-0.2, -0.15) is 0 Å². The zero-order chi connectivity index (χ0) is 30.3. The van der Waals surface area contributed by atoms with Crippen molar-refractivity contribution in [2.45, 2.75) is 26.6 Å². The van der Waals surface area contributed by atoms with Crippen molar-refractivity contribution < 1.29 is 23.7 Å². The summed E-state index contributed by atoms with van der Waals surface area (Å²) in [4.78, 5) is 30.4. The average Bonchev–Trinajstić information content (AvgIpc) is 3.39. The summed E-state index contributed by atoms with van der Waals surface area (Å²) in [6.45, 7) is 3.43. The van der Waals surface area contributed by atoms with Crippen LogP contribution in [-0.2, 0) is 24.4 Å².